The molecule has 0 aliphatic carbocycles. The maximum Gasteiger partial charge on any atom is 0.328 e. The van der Waals surface area contributed by atoms with Crippen molar-refractivity contribution in [2.24, 2.45) is 11.7 Å². The molecule has 0 bridgehead atoms. The first-order valence-electron chi connectivity index (χ1n) is 7.17. The predicted molar refractivity (Wildman–Crippen MR) is 81.5 cm³/mol. The van der Waals surface area contributed by atoms with Crippen LogP contribution in [0.3, 0.4) is 0 Å². The molecule has 0 unspecified atom stereocenters. The van der Waals surface area contributed by atoms with E-state index >= 15 is 0 Å². The number of esters is 1. The van der Waals surface area contributed by atoms with Gasteiger partial charge in [0.15, 0.2) is 0 Å². The third kappa shape index (κ3) is 5.19. The number of hydrogen-bond donors (Lipinski definition) is 2. The second kappa shape index (κ2) is 8.42. The molecule has 0 spiro atoms. The lowest BCUT2D eigenvalue weighted by Gasteiger charge is -2.22. The Morgan fingerprint density at radius 1 is 1.29 bits per heavy atom. The largest absolute Gasteiger partial charge is 0.467 e. The molecule has 5 heteroatoms. The van der Waals surface area contributed by atoms with E-state index in [4.69, 9.17) is 10.5 Å². The fraction of sp³-hybridized carbons (Fsp3) is 0.500. The zero-order chi connectivity index (χ0) is 15.8. The SMILES string of the molecule is CC[C@H](C)[C@H](N)C(=O)N[C@@H](Cc1ccccc1)C(=O)OC. The van der Waals surface area contributed by atoms with Gasteiger partial charge in [0, 0.05) is 6.42 Å². The summed E-state index contributed by atoms with van der Waals surface area (Å²) in [4.78, 5) is 24.0. The maximum absolute atomic E-state index is 12.1. The quantitative estimate of drug-likeness (QED) is 0.741. The highest BCUT2D eigenvalue weighted by Gasteiger charge is 2.26. The molecule has 0 heterocycles. The molecule has 5 nitrogen and oxygen atoms in total. The normalized spacial score (nSPS) is 14.9. The van der Waals surface area contributed by atoms with Crippen molar-refractivity contribution in [3.63, 3.8) is 0 Å². The Balaban J connectivity index is 2.75. The van der Waals surface area contributed by atoms with Crippen molar-refractivity contribution in [1.29, 1.82) is 0 Å². The fourth-order valence-electron chi connectivity index (χ4n) is 1.97. The molecular formula is C16H24N2O3. The third-order valence-electron chi connectivity index (χ3n) is 3.64. The number of nitrogens with one attached hydrogen (secondary N) is 1. The van der Waals surface area contributed by atoms with Crippen LogP contribution in [0.15, 0.2) is 30.3 Å². The molecule has 0 aromatic heterocycles. The van der Waals surface area contributed by atoms with E-state index in [2.05, 4.69) is 5.32 Å². The van der Waals surface area contributed by atoms with Gasteiger partial charge in [-0.2, -0.15) is 0 Å². The lowest BCUT2D eigenvalue weighted by molar-refractivity contribution is -0.145. The minimum atomic E-state index is -0.722. The summed E-state index contributed by atoms with van der Waals surface area (Å²) in [6, 6.07) is 8.12. The Bertz CT molecular complexity index is 462. The summed E-state index contributed by atoms with van der Waals surface area (Å²) in [7, 11) is 1.31. The van der Waals surface area contributed by atoms with Crippen LogP contribution in [0, 0.1) is 5.92 Å². The Hall–Kier alpha value is -1.88. The molecule has 3 N–H and O–H groups in total. The summed E-state index contributed by atoms with van der Waals surface area (Å²) < 4.78 is 4.76. The van der Waals surface area contributed by atoms with Gasteiger partial charge in [0.1, 0.15) is 6.04 Å². The summed E-state index contributed by atoms with van der Waals surface area (Å²) in [6.45, 7) is 3.88. The molecule has 116 valence electrons. The van der Waals surface area contributed by atoms with Crippen LogP contribution in [-0.4, -0.2) is 31.1 Å². The van der Waals surface area contributed by atoms with E-state index in [9.17, 15) is 9.59 Å². The lowest BCUT2D eigenvalue weighted by atomic mass is 9.98. The molecule has 3 atom stereocenters. The van der Waals surface area contributed by atoms with Crippen molar-refractivity contribution in [1.82, 2.24) is 5.32 Å². The molecule has 21 heavy (non-hydrogen) atoms. The standard InChI is InChI=1S/C16H24N2O3/c1-4-11(2)14(17)15(19)18-13(16(20)21-3)10-12-8-6-5-7-9-12/h5-9,11,13-14H,4,10,17H2,1-3H3,(H,18,19)/t11-,13-,14-/m0/s1. The number of rotatable bonds is 7. The second-order valence-electron chi connectivity index (χ2n) is 5.19. The number of amides is 1. The Labute approximate surface area is 125 Å². The van der Waals surface area contributed by atoms with Crippen molar-refractivity contribution < 1.29 is 14.3 Å². The average molecular weight is 292 g/mol. The minimum absolute atomic E-state index is 0.0556. The molecule has 0 saturated carbocycles. The molecule has 1 aromatic rings. The van der Waals surface area contributed by atoms with Gasteiger partial charge in [-0.15, -0.1) is 0 Å². The average Bonchev–Trinajstić information content (AvgIpc) is 2.52. The van der Waals surface area contributed by atoms with Gasteiger partial charge in [0.2, 0.25) is 5.91 Å². The summed E-state index contributed by atoms with van der Waals surface area (Å²) in [6.07, 6.45) is 1.18. The fourth-order valence-corrected chi connectivity index (χ4v) is 1.97. The molecule has 0 radical (unpaired) electrons. The lowest BCUT2D eigenvalue weighted by Crippen LogP contribution is -2.51. The maximum atomic E-state index is 12.1. The van der Waals surface area contributed by atoms with E-state index in [1.54, 1.807) is 0 Å². The summed E-state index contributed by atoms with van der Waals surface area (Å²) in [5.41, 5.74) is 6.84. The highest BCUT2D eigenvalue weighted by Crippen LogP contribution is 2.08. The molecule has 1 amide bonds. The molecular weight excluding hydrogens is 268 g/mol. The number of carbonyl (C=O) groups is 2. The van der Waals surface area contributed by atoms with Crippen LogP contribution >= 0.6 is 0 Å². The van der Waals surface area contributed by atoms with Gasteiger partial charge in [0.05, 0.1) is 13.2 Å². The topological polar surface area (TPSA) is 81.4 Å². The highest BCUT2D eigenvalue weighted by atomic mass is 16.5. The first-order chi connectivity index (χ1) is 9.99. The van der Waals surface area contributed by atoms with Crippen molar-refractivity contribution in [3.8, 4) is 0 Å². The first-order valence-corrected chi connectivity index (χ1v) is 7.17. The number of benzene rings is 1. The van der Waals surface area contributed by atoms with E-state index in [1.807, 2.05) is 44.2 Å². The van der Waals surface area contributed by atoms with Crippen LogP contribution in [0.4, 0.5) is 0 Å². The Kier molecular flexibility index (Phi) is 6.88. The zero-order valence-electron chi connectivity index (χ0n) is 12.8. The molecule has 0 aliphatic heterocycles. The minimum Gasteiger partial charge on any atom is -0.467 e. The van der Waals surface area contributed by atoms with Crippen LogP contribution in [0.1, 0.15) is 25.8 Å². The number of nitrogens with two attached hydrogens (primary N) is 1. The number of ether oxygens (including phenoxy) is 1. The second-order valence-corrected chi connectivity index (χ2v) is 5.19. The summed E-state index contributed by atoms with van der Waals surface area (Å²) >= 11 is 0. The molecule has 0 saturated heterocycles. The van der Waals surface area contributed by atoms with E-state index in [0.29, 0.717) is 6.42 Å². The number of carbonyl (C=O) groups excluding carboxylic acids is 2. The van der Waals surface area contributed by atoms with Crippen molar-refractivity contribution in [2.45, 2.75) is 38.8 Å². The van der Waals surface area contributed by atoms with Crippen LogP contribution in [0.5, 0.6) is 0 Å². The molecule has 1 aromatic carbocycles. The predicted octanol–water partition coefficient (Wildman–Crippen LogP) is 1.26. The van der Waals surface area contributed by atoms with Crippen molar-refractivity contribution in [2.75, 3.05) is 7.11 Å². The van der Waals surface area contributed by atoms with Gasteiger partial charge < -0.3 is 15.8 Å². The highest BCUT2D eigenvalue weighted by molar-refractivity contribution is 5.87. The molecule has 1 rings (SSSR count). The molecule has 0 aliphatic rings. The van der Waals surface area contributed by atoms with Gasteiger partial charge >= 0.3 is 5.97 Å². The van der Waals surface area contributed by atoms with Crippen molar-refractivity contribution in [3.05, 3.63) is 35.9 Å². The third-order valence-corrected chi connectivity index (χ3v) is 3.64. The smallest absolute Gasteiger partial charge is 0.328 e. The van der Waals surface area contributed by atoms with Gasteiger partial charge in [-0.3, -0.25) is 4.79 Å². The van der Waals surface area contributed by atoms with Crippen molar-refractivity contribution >= 4 is 11.9 Å². The van der Waals surface area contributed by atoms with Crippen LogP contribution in [0.2, 0.25) is 0 Å². The van der Waals surface area contributed by atoms with Gasteiger partial charge in [-0.25, -0.2) is 4.79 Å². The monoisotopic (exact) mass is 292 g/mol. The summed E-state index contributed by atoms with van der Waals surface area (Å²) in [5, 5.41) is 2.69. The van der Waals surface area contributed by atoms with Gasteiger partial charge in [-0.05, 0) is 11.5 Å². The van der Waals surface area contributed by atoms with Crippen LogP contribution < -0.4 is 11.1 Å². The molecule has 0 fully saturated rings. The van der Waals surface area contributed by atoms with Crippen LogP contribution in [0.25, 0.3) is 0 Å². The van der Waals surface area contributed by atoms with Gasteiger partial charge in [-0.1, -0.05) is 50.6 Å². The Morgan fingerprint density at radius 3 is 2.43 bits per heavy atom. The summed E-state index contributed by atoms with van der Waals surface area (Å²) in [5.74, 6) is -0.737. The van der Waals surface area contributed by atoms with E-state index in [-0.39, 0.29) is 11.8 Å². The number of hydrogen-bond acceptors (Lipinski definition) is 4. The zero-order valence-corrected chi connectivity index (χ0v) is 12.8. The Morgan fingerprint density at radius 2 is 1.90 bits per heavy atom. The van der Waals surface area contributed by atoms with E-state index in [1.165, 1.54) is 7.11 Å². The first kappa shape index (κ1) is 17.2. The van der Waals surface area contributed by atoms with Crippen LogP contribution in [-0.2, 0) is 20.7 Å². The number of methoxy groups -OCH3 is 1. The van der Waals surface area contributed by atoms with E-state index in [0.717, 1.165) is 12.0 Å². The van der Waals surface area contributed by atoms with E-state index < -0.39 is 18.1 Å². The van der Waals surface area contributed by atoms with Gasteiger partial charge in [0.25, 0.3) is 0 Å².